The molecule has 2 atom stereocenters. The van der Waals surface area contributed by atoms with Gasteiger partial charge in [-0.2, -0.15) is 5.26 Å². The number of benzene rings is 1. The van der Waals surface area contributed by atoms with E-state index >= 15 is 0 Å². The summed E-state index contributed by atoms with van der Waals surface area (Å²) < 4.78 is 5.99. The van der Waals surface area contributed by atoms with Crippen molar-refractivity contribution in [1.82, 2.24) is 0 Å². The zero-order valence-electron chi connectivity index (χ0n) is 15.4. The zero-order chi connectivity index (χ0) is 17.4. The molecule has 0 saturated heterocycles. The Morgan fingerprint density at radius 2 is 2.00 bits per heavy atom. The van der Waals surface area contributed by atoms with E-state index in [1.54, 1.807) is 16.7 Å². The molecule has 3 aliphatic carbocycles. The highest BCUT2D eigenvalue weighted by Crippen LogP contribution is 2.53. The molecule has 1 fully saturated rings. The molecule has 1 saturated carbocycles. The summed E-state index contributed by atoms with van der Waals surface area (Å²) in [5, 5.41) is 9.22. The maximum atomic E-state index is 9.22. The highest BCUT2D eigenvalue weighted by Gasteiger charge is 2.39. The first-order valence-corrected chi connectivity index (χ1v) is 9.73. The van der Waals surface area contributed by atoms with Crippen LogP contribution >= 0.6 is 0 Å². The van der Waals surface area contributed by atoms with Crippen LogP contribution in [0, 0.1) is 30.1 Å². The summed E-state index contributed by atoms with van der Waals surface area (Å²) in [7, 11) is 1.82. The summed E-state index contributed by atoms with van der Waals surface area (Å²) in [5.41, 5.74) is 8.01. The van der Waals surface area contributed by atoms with Crippen LogP contribution in [-0.2, 0) is 4.74 Å². The Kier molecular flexibility index (Phi) is 4.42. The Morgan fingerprint density at radius 3 is 2.76 bits per heavy atom. The third-order valence-corrected chi connectivity index (χ3v) is 6.48. The molecular formula is C23H27NO. The molecule has 0 aromatic heterocycles. The van der Waals surface area contributed by atoms with E-state index in [9.17, 15) is 5.26 Å². The van der Waals surface area contributed by atoms with Crippen molar-refractivity contribution >= 4 is 5.76 Å². The Labute approximate surface area is 151 Å². The number of aryl methyl sites for hydroxylation is 1. The summed E-state index contributed by atoms with van der Waals surface area (Å²) in [4.78, 5) is 0. The number of rotatable bonds is 2. The second kappa shape index (κ2) is 6.71. The molecule has 0 spiro atoms. The normalized spacial score (nSPS) is 27.4. The van der Waals surface area contributed by atoms with Gasteiger partial charge in [0, 0.05) is 11.5 Å². The lowest BCUT2D eigenvalue weighted by molar-refractivity contribution is 0.311. The largest absolute Gasteiger partial charge is 0.496 e. The van der Waals surface area contributed by atoms with Crippen molar-refractivity contribution in [3.8, 4) is 6.07 Å². The predicted molar refractivity (Wildman–Crippen MR) is 101 cm³/mol. The Bertz CT molecular complexity index is 793. The van der Waals surface area contributed by atoms with E-state index in [-0.39, 0.29) is 0 Å². The molecule has 1 aromatic carbocycles. The number of methoxy groups -OCH3 is 1. The lowest BCUT2D eigenvalue weighted by Crippen LogP contribution is -2.30. The van der Waals surface area contributed by atoms with Crippen LogP contribution in [0.15, 0.2) is 34.9 Å². The summed E-state index contributed by atoms with van der Waals surface area (Å²) in [5.74, 6) is 2.34. The number of allylic oxidation sites excluding steroid dienone is 3. The number of nitriles is 1. The van der Waals surface area contributed by atoms with Gasteiger partial charge in [-0.25, -0.2) is 0 Å². The number of ether oxygens (including phenoxy) is 1. The van der Waals surface area contributed by atoms with E-state index in [0.29, 0.717) is 11.8 Å². The molecule has 2 bridgehead atoms. The topological polar surface area (TPSA) is 33.0 Å². The molecule has 2 nitrogen and oxygen atoms in total. The molecule has 130 valence electrons. The van der Waals surface area contributed by atoms with Crippen LogP contribution in [0.3, 0.4) is 0 Å². The molecule has 2 heteroatoms. The fourth-order valence-electron chi connectivity index (χ4n) is 5.36. The highest BCUT2D eigenvalue weighted by atomic mass is 16.5. The van der Waals surface area contributed by atoms with E-state index in [0.717, 1.165) is 22.4 Å². The lowest BCUT2D eigenvalue weighted by atomic mass is 9.62. The SMILES string of the molecule is CO/C(=C1\C2CCCC1C1=C(CCCC1)C2)c1ccc(C#N)c(C)c1. The fraction of sp³-hybridized carbons (Fsp3) is 0.522. The second-order valence-electron chi connectivity index (χ2n) is 7.85. The van der Waals surface area contributed by atoms with Crippen LogP contribution in [0.1, 0.15) is 68.1 Å². The van der Waals surface area contributed by atoms with Crippen molar-refractivity contribution in [3.63, 3.8) is 0 Å². The molecule has 2 unspecified atom stereocenters. The van der Waals surface area contributed by atoms with Crippen LogP contribution in [-0.4, -0.2) is 7.11 Å². The van der Waals surface area contributed by atoms with Crippen molar-refractivity contribution in [1.29, 1.82) is 5.26 Å². The van der Waals surface area contributed by atoms with Gasteiger partial charge in [0.25, 0.3) is 0 Å². The van der Waals surface area contributed by atoms with Crippen LogP contribution in [0.25, 0.3) is 5.76 Å². The molecule has 3 aliphatic rings. The summed E-state index contributed by atoms with van der Waals surface area (Å²) >= 11 is 0. The molecule has 0 aliphatic heterocycles. The second-order valence-corrected chi connectivity index (χ2v) is 7.85. The summed E-state index contributed by atoms with van der Waals surface area (Å²) in [6.45, 7) is 2.02. The Hall–Kier alpha value is -2.01. The third kappa shape index (κ3) is 2.80. The van der Waals surface area contributed by atoms with Gasteiger partial charge in [-0.1, -0.05) is 17.6 Å². The van der Waals surface area contributed by atoms with Crippen molar-refractivity contribution < 1.29 is 4.74 Å². The van der Waals surface area contributed by atoms with Crippen molar-refractivity contribution in [2.75, 3.05) is 7.11 Å². The number of fused-ring (bicyclic) bond motifs is 3. The van der Waals surface area contributed by atoms with E-state index < -0.39 is 0 Å². The summed E-state index contributed by atoms with van der Waals surface area (Å²) in [6.07, 6.45) is 10.5. The molecular weight excluding hydrogens is 306 g/mol. The van der Waals surface area contributed by atoms with Crippen LogP contribution < -0.4 is 0 Å². The van der Waals surface area contributed by atoms with Gasteiger partial charge in [0.1, 0.15) is 5.76 Å². The van der Waals surface area contributed by atoms with Gasteiger partial charge in [0.05, 0.1) is 18.7 Å². The Balaban J connectivity index is 1.83. The molecule has 25 heavy (non-hydrogen) atoms. The van der Waals surface area contributed by atoms with E-state index in [2.05, 4.69) is 18.2 Å². The van der Waals surface area contributed by atoms with E-state index in [1.165, 1.54) is 51.4 Å². The quantitative estimate of drug-likeness (QED) is 0.497. The molecule has 0 radical (unpaired) electrons. The predicted octanol–water partition coefficient (Wildman–Crippen LogP) is 5.91. The third-order valence-electron chi connectivity index (χ3n) is 6.48. The minimum Gasteiger partial charge on any atom is -0.496 e. The van der Waals surface area contributed by atoms with Gasteiger partial charge >= 0.3 is 0 Å². The van der Waals surface area contributed by atoms with Crippen LogP contribution in [0.4, 0.5) is 0 Å². The van der Waals surface area contributed by atoms with Crippen molar-refractivity contribution in [3.05, 3.63) is 51.6 Å². The first-order chi connectivity index (χ1) is 12.2. The Morgan fingerprint density at radius 1 is 1.16 bits per heavy atom. The maximum absolute atomic E-state index is 9.22. The van der Waals surface area contributed by atoms with E-state index in [4.69, 9.17) is 4.74 Å². The molecule has 0 heterocycles. The van der Waals surface area contributed by atoms with Gasteiger partial charge in [-0.15, -0.1) is 0 Å². The standard InChI is InChI=1S/C23H27NO/c1-15-12-18(10-11-19(15)14-24)23(25-2)22-17-7-5-9-21(22)20-8-4-3-6-16(20)13-17/h10-12,17,21H,3-9,13H2,1-2H3/b23-22+. The van der Waals surface area contributed by atoms with E-state index in [1.807, 2.05) is 20.1 Å². The monoisotopic (exact) mass is 333 g/mol. The van der Waals surface area contributed by atoms with Crippen molar-refractivity contribution in [2.24, 2.45) is 11.8 Å². The average molecular weight is 333 g/mol. The van der Waals surface area contributed by atoms with Crippen LogP contribution in [0.2, 0.25) is 0 Å². The minimum absolute atomic E-state index is 0.605. The minimum atomic E-state index is 0.605. The number of hydrogen-bond donors (Lipinski definition) is 0. The molecule has 1 aromatic rings. The van der Waals surface area contributed by atoms with Gasteiger partial charge in [0.2, 0.25) is 0 Å². The first-order valence-electron chi connectivity index (χ1n) is 9.73. The van der Waals surface area contributed by atoms with Gasteiger partial charge in [0.15, 0.2) is 0 Å². The highest BCUT2D eigenvalue weighted by molar-refractivity contribution is 5.67. The first kappa shape index (κ1) is 16.5. The molecule has 0 amide bonds. The number of hydrogen-bond acceptors (Lipinski definition) is 2. The molecule has 0 N–H and O–H groups in total. The number of nitrogens with zero attached hydrogens (tertiary/aromatic N) is 1. The van der Waals surface area contributed by atoms with Gasteiger partial charge < -0.3 is 4.74 Å². The smallest absolute Gasteiger partial charge is 0.126 e. The van der Waals surface area contributed by atoms with Crippen LogP contribution in [0.5, 0.6) is 0 Å². The summed E-state index contributed by atoms with van der Waals surface area (Å²) in [6, 6.07) is 8.41. The average Bonchev–Trinajstić information content (AvgIpc) is 2.63. The lowest BCUT2D eigenvalue weighted by Gasteiger charge is -2.43. The zero-order valence-corrected chi connectivity index (χ0v) is 15.4. The van der Waals surface area contributed by atoms with Crippen molar-refractivity contribution in [2.45, 2.75) is 58.3 Å². The van der Waals surface area contributed by atoms with Gasteiger partial charge in [-0.3, -0.25) is 0 Å². The maximum Gasteiger partial charge on any atom is 0.126 e. The van der Waals surface area contributed by atoms with Gasteiger partial charge in [-0.05, 0) is 87.1 Å². The fourth-order valence-corrected chi connectivity index (χ4v) is 5.36. The molecule has 4 rings (SSSR count).